The zero-order valence-corrected chi connectivity index (χ0v) is 13.4. The van der Waals surface area contributed by atoms with E-state index in [1.54, 1.807) is 13.0 Å². The van der Waals surface area contributed by atoms with Gasteiger partial charge in [-0.1, -0.05) is 0 Å². The van der Waals surface area contributed by atoms with Gasteiger partial charge in [-0.3, -0.25) is 0 Å². The maximum atomic E-state index is 12.2. The second-order valence-electron chi connectivity index (χ2n) is 4.22. The number of nitrogens with zero attached hydrogens (tertiary/aromatic N) is 2. The van der Waals surface area contributed by atoms with E-state index in [1.165, 1.54) is 19.4 Å². The lowest BCUT2D eigenvalue weighted by Gasteiger charge is -2.04. The number of sulfonamides is 1. The topological polar surface area (TPSA) is 118 Å². The Kier molecular flexibility index (Phi) is 4.74. The lowest BCUT2D eigenvalue weighted by atomic mass is 10.3. The van der Waals surface area contributed by atoms with E-state index in [2.05, 4.69) is 14.7 Å². The molecule has 0 aliphatic carbocycles. The molecule has 0 fully saturated rings. The number of rotatable bonds is 6. The molecule has 2 heterocycles. The van der Waals surface area contributed by atoms with E-state index in [4.69, 9.17) is 9.84 Å². The Morgan fingerprint density at radius 1 is 1.50 bits per heavy atom. The smallest absolute Gasteiger partial charge is 0.346 e. The fourth-order valence-corrected chi connectivity index (χ4v) is 4.01. The first-order valence-corrected chi connectivity index (χ1v) is 8.33. The molecule has 0 saturated heterocycles. The van der Waals surface area contributed by atoms with E-state index < -0.39 is 16.0 Å². The molecule has 0 bridgehead atoms. The quantitative estimate of drug-likeness (QED) is 0.804. The van der Waals surface area contributed by atoms with Gasteiger partial charge in [-0.25, -0.2) is 22.9 Å². The van der Waals surface area contributed by atoms with Crippen LogP contribution in [0.3, 0.4) is 0 Å². The zero-order valence-electron chi connectivity index (χ0n) is 11.7. The molecule has 0 spiro atoms. The first-order valence-electron chi connectivity index (χ1n) is 6.03. The summed E-state index contributed by atoms with van der Waals surface area (Å²) in [5.74, 6) is -0.584. The third-order valence-corrected chi connectivity index (χ3v) is 5.76. The van der Waals surface area contributed by atoms with Gasteiger partial charge >= 0.3 is 5.97 Å². The maximum Gasteiger partial charge on any atom is 0.346 e. The Labute approximate surface area is 130 Å². The Morgan fingerprint density at radius 3 is 2.82 bits per heavy atom. The molecule has 0 aliphatic heterocycles. The molecular formula is C12H13N3O5S2. The van der Waals surface area contributed by atoms with Gasteiger partial charge in [0.2, 0.25) is 15.9 Å². The predicted molar refractivity (Wildman–Crippen MR) is 78.6 cm³/mol. The van der Waals surface area contributed by atoms with Crippen LogP contribution >= 0.6 is 11.3 Å². The number of carboxylic acids is 1. The summed E-state index contributed by atoms with van der Waals surface area (Å²) in [5, 5.41) is 8.97. The Bertz CT molecular complexity index is 801. The van der Waals surface area contributed by atoms with Crippen LogP contribution in [-0.2, 0) is 16.6 Å². The summed E-state index contributed by atoms with van der Waals surface area (Å²) in [5.41, 5.74) is 0.399. The minimum Gasteiger partial charge on any atom is -0.481 e. The summed E-state index contributed by atoms with van der Waals surface area (Å²) in [7, 11) is -2.39. The molecule has 0 atom stereocenters. The summed E-state index contributed by atoms with van der Waals surface area (Å²) in [6.45, 7) is 1.42. The number of ether oxygens (including phenoxy) is 1. The van der Waals surface area contributed by atoms with Gasteiger partial charge in [-0.15, -0.1) is 11.3 Å². The van der Waals surface area contributed by atoms with Crippen LogP contribution in [0.2, 0.25) is 0 Å². The number of thiophene rings is 1. The average molecular weight is 343 g/mol. The third kappa shape index (κ3) is 3.59. The van der Waals surface area contributed by atoms with Gasteiger partial charge in [-0.05, 0) is 18.6 Å². The van der Waals surface area contributed by atoms with Crippen LogP contribution in [0.25, 0.3) is 0 Å². The number of methoxy groups -OCH3 is 1. The van der Waals surface area contributed by atoms with Crippen LogP contribution in [0, 0.1) is 6.92 Å². The van der Waals surface area contributed by atoms with Crippen molar-refractivity contribution < 1.29 is 23.1 Å². The molecule has 2 aromatic rings. The van der Waals surface area contributed by atoms with Crippen LogP contribution in [0.15, 0.2) is 22.5 Å². The lowest BCUT2D eigenvalue weighted by molar-refractivity contribution is 0.0701. The molecule has 0 aromatic carbocycles. The van der Waals surface area contributed by atoms with E-state index in [0.29, 0.717) is 22.8 Å². The van der Waals surface area contributed by atoms with E-state index in [9.17, 15) is 13.2 Å². The van der Waals surface area contributed by atoms with Gasteiger partial charge in [0.15, 0.2) is 0 Å². The van der Waals surface area contributed by atoms with Crippen molar-refractivity contribution in [2.45, 2.75) is 17.7 Å². The van der Waals surface area contributed by atoms with Crippen LogP contribution < -0.4 is 9.46 Å². The van der Waals surface area contributed by atoms with Crippen LogP contribution in [0.5, 0.6) is 5.88 Å². The number of aryl methyl sites for hydroxylation is 1. The van der Waals surface area contributed by atoms with Crippen molar-refractivity contribution in [1.29, 1.82) is 0 Å². The molecule has 0 unspecified atom stereocenters. The molecule has 22 heavy (non-hydrogen) atoms. The number of aromatic carboxylic acids is 1. The highest BCUT2D eigenvalue weighted by molar-refractivity contribution is 7.91. The van der Waals surface area contributed by atoms with Gasteiger partial charge in [0.05, 0.1) is 13.7 Å². The van der Waals surface area contributed by atoms with Gasteiger partial charge < -0.3 is 9.84 Å². The summed E-state index contributed by atoms with van der Waals surface area (Å²) in [4.78, 5) is 18.9. The summed E-state index contributed by atoms with van der Waals surface area (Å²) in [6, 6.07) is 2.86. The molecule has 10 heteroatoms. The van der Waals surface area contributed by atoms with Gasteiger partial charge in [-0.2, -0.15) is 4.98 Å². The normalized spacial score (nSPS) is 11.4. The Balaban J connectivity index is 2.17. The van der Waals surface area contributed by atoms with Crippen LogP contribution in [0.1, 0.15) is 21.1 Å². The number of hydrogen-bond acceptors (Lipinski definition) is 7. The Morgan fingerprint density at radius 2 is 2.23 bits per heavy atom. The minimum absolute atomic E-state index is 0.00185. The zero-order chi connectivity index (χ0) is 16.3. The first-order chi connectivity index (χ1) is 10.3. The minimum atomic E-state index is -3.83. The van der Waals surface area contributed by atoms with Crippen molar-refractivity contribution in [2.24, 2.45) is 0 Å². The number of aromatic nitrogens is 2. The molecule has 2 aromatic heterocycles. The van der Waals surface area contributed by atoms with Crippen LogP contribution in [0.4, 0.5) is 0 Å². The molecule has 0 saturated carbocycles. The molecule has 118 valence electrons. The monoisotopic (exact) mass is 343 g/mol. The first kappa shape index (κ1) is 16.3. The van der Waals surface area contributed by atoms with Crippen molar-refractivity contribution in [2.75, 3.05) is 7.11 Å². The number of hydrogen-bond donors (Lipinski definition) is 2. The number of carbonyl (C=O) groups is 1. The highest BCUT2D eigenvalue weighted by Gasteiger charge is 2.21. The van der Waals surface area contributed by atoms with Gasteiger partial charge in [0, 0.05) is 12.3 Å². The third-order valence-electron chi connectivity index (χ3n) is 2.66. The summed E-state index contributed by atoms with van der Waals surface area (Å²) < 4.78 is 31.5. The van der Waals surface area contributed by atoms with E-state index in [-0.39, 0.29) is 21.5 Å². The Hall–Kier alpha value is -2.04. The molecule has 0 radical (unpaired) electrons. The average Bonchev–Trinajstić information content (AvgIpc) is 2.88. The van der Waals surface area contributed by atoms with Gasteiger partial charge in [0.1, 0.15) is 14.9 Å². The SMILES string of the molecule is COc1ccnc(CNS(=O)(=O)c2cc(C)c(C(=O)O)s2)n1. The second kappa shape index (κ2) is 6.38. The number of nitrogens with one attached hydrogen (secondary N) is 1. The number of carboxylic acid groups (broad SMARTS) is 1. The van der Waals surface area contributed by atoms with Crippen LogP contribution in [-0.4, -0.2) is 36.6 Å². The van der Waals surface area contributed by atoms with Crippen molar-refractivity contribution in [3.8, 4) is 5.88 Å². The standard InChI is InChI=1S/C12H13N3O5S2/c1-7-5-10(21-11(7)12(16)17)22(18,19)14-6-8-13-4-3-9(15-8)20-2/h3-5,14H,6H2,1-2H3,(H,16,17). The van der Waals surface area contributed by atoms with Crippen molar-refractivity contribution in [1.82, 2.24) is 14.7 Å². The molecule has 2 N–H and O–H groups in total. The van der Waals surface area contributed by atoms with Crippen molar-refractivity contribution >= 4 is 27.3 Å². The van der Waals surface area contributed by atoms with E-state index >= 15 is 0 Å². The largest absolute Gasteiger partial charge is 0.481 e. The molecule has 2 rings (SSSR count). The highest BCUT2D eigenvalue weighted by atomic mass is 32.2. The second-order valence-corrected chi connectivity index (χ2v) is 7.27. The molecule has 0 aliphatic rings. The predicted octanol–water partition coefficient (Wildman–Crippen LogP) is 1.03. The van der Waals surface area contributed by atoms with E-state index in [0.717, 1.165) is 0 Å². The van der Waals surface area contributed by atoms with Crippen molar-refractivity contribution in [3.63, 3.8) is 0 Å². The summed E-state index contributed by atoms with van der Waals surface area (Å²) in [6.07, 6.45) is 1.45. The van der Waals surface area contributed by atoms with E-state index in [1.807, 2.05) is 0 Å². The molecule has 8 nitrogen and oxygen atoms in total. The fourth-order valence-electron chi connectivity index (χ4n) is 1.61. The van der Waals surface area contributed by atoms with Crippen molar-refractivity contribution in [3.05, 3.63) is 34.6 Å². The molecular weight excluding hydrogens is 330 g/mol. The van der Waals surface area contributed by atoms with Gasteiger partial charge in [0.25, 0.3) is 0 Å². The molecule has 0 amide bonds. The maximum absolute atomic E-state index is 12.2. The fraction of sp³-hybridized carbons (Fsp3) is 0.250. The highest BCUT2D eigenvalue weighted by Crippen LogP contribution is 2.25. The lowest BCUT2D eigenvalue weighted by Crippen LogP contribution is -2.23. The summed E-state index contributed by atoms with van der Waals surface area (Å²) >= 11 is 0.702.